The van der Waals surface area contributed by atoms with Crippen molar-refractivity contribution in [2.45, 2.75) is 79.2 Å². The van der Waals surface area contributed by atoms with Gasteiger partial charge in [0, 0.05) is 12.6 Å². The molecule has 4 fully saturated rings. The van der Waals surface area contributed by atoms with E-state index in [2.05, 4.69) is 44.8 Å². The fourth-order valence-corrected chi connectivity index (χ4v) is 7.10. The van der Waals surface area contributed by atoms with Crippen LogP contribution in [0.5, 0.6) is 0 Å². The number of amides is 1. The molecule has 4 aliphatic rings. The highest BCUT2D eigenvalue weighted by Gasteiger charge is 2.62. The van der Waals surface area contributed by atoms with Crippen molar-refractivity contribution in [1.29, 1.82) is 0 Å². The maximum atomic E-state index is 13.2. The molecular weight excluding hydrogens is 284 g/mol. The molecule has 1 N–H and O–H groups in total. The van der Waals surface area contributed by atoms with Crippen LogP contribution < -0.4 is 5.32 Å². The van der Waals surface area contributed by atoms with E-state index in [1.165, 1.54) is 19.3 Å². The second-order valence-corrected chi connectivity index (χ2v) is 9.69. The van der Waals surface area contributed by atoms with Crippen molar-refractivity contribution in [3.8, 4) is 0 Å². The molecule has 0 aromatic heterocycles. The monoisotopic (exact) mass is 320 g/mol. The first-order valence-corrected chi connectivity index (χ1v) is 9.75. The lowest BCUT2D eigenvalue weighted by Crippen LogP contribution is -2.60. The quantitative estimate of drug-likeness (QED) is 0.806. The molecular formula is C20H36N2O. The molecule has 4 rings (SSSR count). The molecule has 0 saturated heterocycles. The fraction of sp³-hybridized carbons (Fsp3) is 0.950. The molecule has 3 heteroatoms. The van der Waals surface area contributed by atoms with E-state index in [0.717, 1.165) is 44.8 Å². The standard InChI is InChI=1S/C20H36N2O/c1-6-22(7-2)15(3)11-21-17(23)20-10-16-8-18(4,13-20)12-19(5,9-16)14-20/h15-16H,6-14H2,1-5H3,(H,21,23). The summed E-state index contributed by atoms with van der Waals surface area (Å²) in [4.78, 5) is 15.6. The van der Waals surface area contributed by atoms with Crippen molar-refractivity contribution in [2.75, 3.05) is 19.6 Å². The van der Waals surface area contributed by atoms with Crippen LogP contribution in [-0.4, -0.2) is 36.5 Å². The molecule has 4 aliphatic carbocycles. The van der Waals surface area contributed by atoms with Gasteiger partial charge in [-0.1, -0.05) is 27.7 Å². The topological polar surface area (TPSA) is 32.3 Å². The maximum absolute atomic E-state index is 13.2. The Labute approximate surface area is 142 Å². The summed E-state index contributed by atoms with van der Waals surface area (Å²) in [6, 6.07) is 0.425. The van der Waals surface area contributed by atoms with Gasteiger partial charge in [-0.15, -0.1) is 0 Å². The minimum absolute atomic E-state index is 0.0636. The Morgan fingerprint density at radius 2 is 1.65 bits per heavy atom. The number of carbonyl (C=O) groups is 1. The van der Waals surface area contributed by atoms with Gasteiger partial charge in [-0.2, -0.15) is 0 Å². The van der Waals surface area contributed by atoms with E-state index in [1.54, 1.807) is 0 Å². The van der Waals surface area contributed by atoms with Crippen LogP contribution in [0.25, 0.3) is 0 Å². The minimum Gasteiger partial charge on any atom is -0.354 e. The number of rotatable bonds is 6. The van der Waals surface area contributed by atoms with Crippen LogP contribution in [0, 0.1) is 22.2 Å². The predicted molar refractivity (Wildman–Crippen MR) is 95.2 cm³/mol. The van der Waals surface area contributed by atoms with Crippen LogP contribution in [-0.2, 0) is 4.79 Å². The van der Waals surface area contributed by atoms with Gasteiger partial charge in [0.25, 0.3) is 0 Å². The Hall–Kier alpha value is -0.570. The van der Waals surface area contributed by atoms with Crippen molar-refractivity contribution in [3.05, 3.63) is 0 Å². The third-order valence-electron chi connectivity index (χ3n) is 7.10. The molecule has 0 radical (unpaired) electrons. The number of nitrogens with zero attached hydrogens (tertiary/aromatic N) is 1. The lowest BCUT2D eigenvalue weighted by molar-refractivity contribution is -0.170. The first-order chi connectivity index (χ1) is 10.7. The summed E-state index contributed by atoms with van der Waals surface area (Å²) < 4.78 is 0. The average Bonchev–Trinajstić information content (AvgIpc) is 2.42. The molecule has 0 aromatic carbocycles. The van der Waals surface area contributed by atoms with E-state index in [-0.39, 0.29) is 5.41 Å². The smallest absolute Gasteiger partial charge is 0.226 e. The molecule has 3 unspecified atom stereocenters. The molecule has 4 bridgehead atoms. The molecule has 0 aliphatic heterocycles. The number of carbonyl (C=O) groups excluding carboxylic acids is 1. The number of likely N-dealkylation sites (N-methyl/N-ethyl adjacent to an activating group) is 1. The summed E-state index contributed by atoms with van der Waals surface area (Å²) in [5.74, 6) is 1.14. The SMILES string of the molecule is CCN(CC)C(C)CNC(=O)C12CC3CC(C)(CC(C)(C3)C1)C2. The highest BCUT2D eigenvalue weighted by atomic mass is 16.2. The molecule has 0 spiro atoms. The number of hydrogen-bond donors (Lipinski definition) is 1. The molecule has 4 saturated carbocycles. The summed E-state index contributed by atoms with van der Waals surface area (Å²) in [5.41, 5.74) is 0.762. The van der Waals surface area contributed by atoms with Gasteiger partial charge < -0.3 is 5.32 Å². The van der Waals surface area contributed by atoms with Gasteiger partial charge in [-0.25, -0.2) is 0 Å². The minimum atomic E-state index is -0.0636. The van der Waals surface area contributed by atoms with Crippen LogP contribution in [0.1, 0.15) is 73.1 Å². The van der Waals surface area contributed by atoms with E-state index in [1.807, 2.05) is 0 Å². The molecule has 3 nitrogen and oxygen atoms in total. The van der Waals surface area contributed by atoms with Gasteiger partial charge in [0.15, 0.2) is 0 Å². The van der Waals surface area contributed by atoms with Gasteiger partial charge in [0.1, 0.15) is 0 Å². The molecule has 0 heterocycles. The van der Waals surface area contributed by atoms with Crippen LogP contribution in [0.4, 0.5) is 0 Å². The molecule has 132 valence electrons. The van der Waals surface area contributed by atoms with Crippen molar-refractivity contribution >= 4 is 5.91 Å². The number of nitrogens with one attached hydrogen (secondary N) is 1. The largest absolute Gasteiger partial charge is 0.354 e. The van der Waals surface area contributed by atoms with E-state index < -0.39 is 0 Å². The summed E-state index contributed by atoms with van der Waals surface area (Å²) in [7, 11) is 0. The average molecular weight is 321 g/mol. The van der Waals surface area contributed by atoms with Crippen LogP contribution in [0.3, 0.4) is 0 Å². The molecule has 23 heavy (non-hydrogen) atoms. The van der Waals surface area contributed by atoms with Gasteiger partial charge >= 0.3 is 0 Å². The Morgan fingerprint density at radius 3 is 2.13 bits per heavy atom. The van der Waals surface area contributed by atoms with Crippen molar-refractivity contribution in [1.82, 2.24) is 10.2 Å². The van der Waals surface area contributed by atoms with E-state index in [4.69, 9.17) is 0 Å². The fourth-order valence-electron chi connectivity index (χ4n) is 7.10. The maximum Gasteiger partial charge on any atom is 0.226 e. The Kier molecular flexibility index (Phi) is 4.32. The number of hydrogen-bond acceptors (Lipinski definition) is 2. The van der Waals surface area contributed by atoms with E-state index >= 15 is 0 Å². The zero-order valence-electron chi connectivity index (χ0n) is 15.9. The summed E-state index contributed by atoms with van der Waals surface area (Å²) in [6.07, 6.45) is 7.43. The lowest BCUT2D eigenvalue weighted by atomic mass is 9.40. The summed E-state index contributed by atoms with van der Waals surface area (Å²) >= 11 is 0. The second-order valence-electron chi connectivity index (χ2n) is 9.69. The third kappa shape index (κ3) is 3.06. The summed E-state index contributed by atoms with van der Waals surface area (Å²) in [6.45, 7) is 14.4. The highest BCUT2D eigenvalue weighted by Crippen LogP contribution is 2.69. The van der Waals surface area contributed by atoms with E-state index in [0.29, 0.717) is 22.8 Å². The van der Waals surface area contributed by atoms with Crippen molar-refractivity contribution in [2.24, 2.45) is 22.2 Å². The Bertz CT molecular complexity index is 452. The van der Waals surface area contributed by atoms with Crippen LogP contribution in [0.15, 0.2) is 0 Å². The Morgan fingerprint density at radius 1 is 1.09 bits per heavy atom. The van der Waals surface area contributed by atoms with Gasteiger partial charge in [-0.05, 0) is 75.3 Å². The van der Waals surface area contributed by atoms with Gasteiger partial charge in [0.2, 0.25) is 5.91 Å². The summed E-state index contributed by atoms with van der Waals surface area (Å²) in [5, 5.41) is 3.34. The highest BCUT2D eigenvalue weighted by molar-refractivity contribution is 5.83. The van der Waals surface area contributed by atoms with Gasteiger partial charge in [-0.3, -0.25) is 9.69 Å². The molecule has 3 atom stereocenters. The first kappa shape index (κ1) is 17.3. The molecule has 1 amide bonds. The predicted octanol–water partition coefficient (Wildman–Crippen LogP) is 3.83. The third-order valence-corrected chi connectivity index (χ3v) is 7.10. The van der Waals surface area contributed by atoms with Gasteiger partial charge in [0.05, 0.1) is 5.41 Å². The zero-order chi connectivity index (χ0) is 16.9. The van der Waals surface area contributed by atoms with E-state index in [9.17, 15) is 4.79 Å². The second kappa shape index (κ2) is 5.75. The van der Waals surface area contributed by atoms with Crippen molar-refractivity contribution < 1.29 is 4.79 Å². The normalized spacial score (nSPS) is 43.0. The van der Waals surface area contributed by atoms with Crippen LogP contribution in [0.2, 0.25) is 0 Å². The molecule has 0 aromatic rings. The van der Waals surface area contributed by atoms with Crippen LogP contribution >= 0.6 is 0 Å². The lowest BCUT2D eigenvalue weighted by Gasteiger charge is -2.64. The first-order valence-electron chi connectivity index (χ1n) is 9.75. The Balaban J connectivity index is 1.68. The van der Waals surface area contributed by atoms with Crippen molar-refractivity contribution in [3.63, 3.8) is 0 Å². The zero-order valence-corrected chi connectivity index (χ0v) is 15.9.